The van der Waals surface area contributed by atoms with Crippen molar-refractivity contribution in [3.05, 3.63) is 52.6 Å². The van der Waals surface area contributed by atoms with Gasteiger partial charge in [-0.1, -0.05) is 0 Å². The van der Waals surface area contributed by atoms with Gasteiger partial charge in [-0.25, -0.2) is 8.42 Å². The van der Waals surface area contributed by atoms with E-state index in [-0.39, 0.29) is 22.0 Å². The fourth-order valence-corrected chi connectivity index (χ4v) is 2.21. The third-order valence-electron chi connectivity index (χ3n) is 2.71. The summed E-state index contributed by atoms with van der Waals surface area (Å²) in [5, 5.41) is 27.8. The van der Waals surface area contributed by atoms with E-state index in [1.54, 1.807) is 0 Å². The monoisotopic (exact) mass is 321 g/mol. The smallest absolute Gasteiger partial charge is 0.269 e. The summed E-state index contributed by atoms with van der Waals surface area (Å²) in [5.74, 6) is -0.224. The lowest BCUT2D eigenvalue weighted by atomic mass is 10.3. The van der Waals surface area contributed by atoms with Gasteiger partial charge in [0.1, 0.15) is 11.4 Å². The van der Waals surface area contributed by atoms with E-state index in [1.807, 2.05) is 0 Å². The van der Waals surface area contributed by atoms with E-state index in [4.69, 9.17) is 0 Å². The van der Waals surface area contributed by atoms with Crippen LogP contribution in [0.4, 0.5) is 17.1 Å². The van der Waals surface area contributed by atoms with Gasteiger partial charge in [-0.2, -0.15) is 5.11 Å². The van der Waals surface area contributed by atoms with E-state index in [2.05, 4.69) is 10.2 Å². The molecule has 2 rings (SSSR count). The van der Waals surface area contributed by atoms with Gasteiger partial charge >= 0.3 is 0 Å². The molecule has 8 nitrogen and oxygen atoms in total. The van der Waals surface area contributed by atoms with Crippen molar-refractivity contribution in [3.63, 3.8) is 0 Å². The molecule has 0 saturated heterocycles. The van der Waals surface area contributed by atoms with E-state index in [1.165, 1.54) is 42.5 Å². The Hall–Kier alpha value is -2.81. The van der Waals surface area contributed by atoms with Crippen LogP contribution in [-0.2, 0) is 9.84 Å². The molecule has 0 atom stereocenters. The maximum absolute atomic E-state index is 11.5. The number of sulfone groups is 1. The fraction of sp³-hybridized carbons (Fsp3) is 0.0769. The summed E-state index contributed by atoms with van der Waals surface area (Å²) in [6, 6.07) is 8.97. The number of nitro groups is 1. The predicted molar refractivity (Wildman–Crippen MR) is 78.5 cm³/mol. The lowest BCUT2D eigenvalue weighted by Gasteiger charge is -2.01. The standard InChI is InChI=1S/C13H11N3O5S/c1-22(20,21)11-6-7-13(17)12(8-11)15-14-9-2-4-10(5-3-9)16(18)19/h2-8,17H,1H3. The van der Waals surface area contributed by atoms with Crippen LogP contribution in [0.15, 0.2) is 57.6 Å². The molecule has 2 aromatic rings. The van der Waals surface area contributed by atoms with E-state index in [9.17, 15) is 23.6 Å². The van der Waals surface area contributed by atoms with E-state index >= 15 is 0 Å². The molecule has 1 N–H and O–H groups in total. The topological polar surface area (TPSA) is 122 Å². The van der Waals surface area contributed by atoms with Crippen molar-refractivity contribution in [2.75, 3.05) is 6.26 Å². The molecule has 0 aromatic heterocycles. The van der Waals surface area contributed by atoms with Crippen LogP contribution in [0, 0.1) is 10.1 Å². The Kier molecular flexibility index (Phi) is 4.18. The first-order valence-electron chi connectivity index (χ1n) is 5.96. The van der Waals surface area contributed by atoms with Crippen LogP contribution in [0.2, 0.25) is 0 Å². The van der Waals surface area contributed by atoms with Crippen LogP contribution >= 0.6 is 0 Å². The highest BCUT2D eigenvalue weighted by molar-refractivity contribution is 7.90. The lowest BCUT2D eigenvalue weighted by Crippen LogP contribution is -1.95. The van der Waals surface area contributed by atoms with Crippen molar-refractivity contribution in [2.45, 2.75) is 4.90 Å². The van der Waals surface area contributed by atoms with Crippen molar-refractivity contribution in [3.8, 4) is 5.75 Å². The molecule has 0 aliphatic heterocycles. The molecule has 114 valence electrons. The third-order valence-corrected chi connectivity index (χ3v) is 3.82. The molecule has 0 aliphatic carbocycles. The maximum Gasteiger partial charge on any atom is 0.269 e. The lowest BCUT2D eigenvalue weighted by molar-refractivity contribution is -0.384. The Morgan fingerprint density at radius 1 is 1.09 bits per heavy atom. The van der Waals surface area contributed by atoms with Crippen LogP contribution in [0.3, 0.4) is 0 Å². The minimum atomic E-state index is -3.43. The van der Waals surface area contributed by atoms with Gasteiger partial charge in [-0.15, -0.1) is 5.11 Å². The molecule has 9 heteroatoms. The summed E-state index contributed by atoms with van der Waals surface area (Å²) in [6.07, 6.45) is 1.04. The minimum absolute atomic E-state index is 0.00273. The SMILES string of the molecule is CS(=O)(=O)c1ccc(O)c(N=Nc2ccc([N+](=O)[O-])cc2)c1. The van der Waals surface area contributed by atoms with Crippen molar-refractivity contribution >= 4 is 26.9 Å². The second-order valence-corrected chi connectivity index (χ2v) is 6.41. The van der Waals surface area contributed by atoms with Crippen molar-refractivity contribution < 1.29 is 18.4 Å². The van der Waals surface area contributed by atoms with Crippen LogP contribution in [0.25, 0.3) is 0 Å². The van der Waals surface area contributed by atoms with E-state index in [0.717, 1.165) is 6.26 Å². The minimum Gasteiger partial charge on any atom is -0.506 e. The van der Waals surface area contributed by atoms with Gasteiger partial charge < -0.3 is 5.11 Å². The average molecular weight is 321 g/mol. The highest BCUT2D eigenvalue weighted by Gasteiger charge is 2.10. The fourth-order valence-electron chi connectivity index (χ4n) is 1.57. The van der Waals surface area contributed by atoms with Crippen molar-refractivity contribution in [1.82, 2.24) is 0 Å². The molecule has 0 bridgehead atoms. The van der Waals surface area contributed by atoms with Crippen LogP contribution in [0.5, 0.6) is 5.75 Å². The van der Waals surface area contributed by atoms with Crippen molar-refractivity contribution in [2.24, 2.45) is 10.2 Å². The number of non-ortho nitro benzene ring substituents is 1. The molecule has 0 amide bonds. The highest BCUT2D eigenvalue weighted by atomic mass is 32.2. The molecule has 0 unspecified atom stereocenters. The first kappa shape index (κ1) is 15.6. The zero-order valence-electron chi connectivity index (χ0n) is 11.4. The Morgan fingerprint density at radius 2 is 1.73 bits per heavy atom. The normalized spacial score (nSPS) is 11.7. The second kappa shape index (κ2) is 5.90. The number of nitro benzene ring substituents is 1. The summed E-state index contributed by atoms with van der Waals surface area (Å²) in [6.45, 7) is 0. The van der Waals surface area contributed by atoms with Crippen LogP contribution in [0.1, 0.15) is 0 Å². The van der Waals surface area contributed by atoms with Gasteiger partial charge in [0, 0.05) is 18.4 Å². The highest BCUT2D eigenvalue weighted by Crippen LogP contribution is 2.30. The Labute approximate surface area is 125 Å². The first-order chi connectivity index (χ1) is 10.3. The Bertz CT molecular complexity index is 844. The molecule has 0 spiro atoms. The number of rotatable bonds is 4. The summed E-state index contributed by atoms with van der Waals surface area (Å²) >= 11 is 0. The predicted octanol–water partition coefficient (Wildman–Crippen LogP) is 3.12. The Balaban J connectivity index is 2.31. The van der Waals surface area contributed by atoms with Crippen molar-refractivity contribution in [1.29, 1.82) is 0 Å². The molecule has 0 radical (unpaired) electrons. The Morgan fingerprint density at radius 3 is 2.27 bits per heavy atom. The molecule has 0 fully saturated rings. The summed E-state index contributed by atoms with van der Waals surface area (Å²) < 4.78 is 22.9. The summed E-state index contributed by atoms with van der Waals surface area (Å²) in [4.78, 5) is 9.99. The first-order valence-corrected chi connectivity index (χ1v) is 7.86. The van der Waals surface area contributed by atoms with Gasteiger partial charge in [0.15, 0.2) is 9.84 Å². The number of nitrogens with zero attached hydrogens (tertiary/aromatic N) is 3. The van der Waals surface area contributed by atoms with E-state index < -0.39 is 14.8 Å². The summed E-state index contributed by atoms with van der Waals surface area (Å²) in [7, 11) is -3.43. The zero-order chi connectivity index (χ0) is 16.3. The molecule has 0 aliphatic rings. The molecular formula is C13H11N3O5S. The molecule has 22 heavy (non-hydrogen) atoms. The largest absolute Gasteiger partial charge is 0.506 e. The number of phenolic OH excluding ortho intramolecular Hbond substituents is 1. The molecule has 2 aromatic carbocycles. The van der Waals surface area contributed by atoms with Gasteiger partial charge in [0.25, 0.3) is 5.69 Å². The van der Waals surface area contributed by atoms with Crippen LogP contribution < -0.4 is 0 Å². The quantitative estimate of drug-likeness (QED) is 0.526. The maximum atomic E-state index is 11.5. The van der Waals surface area contributed by atoms with Crippen LogP contribution in [-0.4, -0.2) is 24.7 Å². The van der Waals surface area contributed by atoms with Gasteiger partial charge in [-0.3, -0.25) is 10.1 Å². The number of hydrogen-bond donors (Lipinski definition) is 1. The molecular weight excluding hydrogens is 310 g/mol. The number of hydrogen-bond acceptors (Lipinski definition) is 7. The number of benzene rings is 2. The van der Waals surface area contributed by atoms with Gasteiger partial charge in [0.05, 0.1) is 15.5 Å². The molecule has 0 saturated carbocycles. The van der Waals surface area contributed by atoms with Gasteiger partial charge in [0.2, 0.25) is 0 Å². The molecule has 0 heterocycles. The number of aromatic hydroxyl groups is 1. The third kappa shape index (κ3) is 3.64. The summed E-state index contributed by atoms with van der Waals surface area (Å²) in [5.41, 5.74) is 0.233. The van der Waals surface area contributed by atoms with Gasteiger partial charge in [-0.05, 0) is 30.3 Å². The van der Waals surface area contributed by atoms with E-state index in [0.29, 0.717) is 5.69 Å². The number of azo groups is 1. The second-order valence-electron chi connectivity index (χ2n) is 4.40. The number of phenols is 1. The zero-order valence-corrected chi connectivity index (χ0v) is 12.2. The average Bonchev–Trinajstić information content (AvgIpc) is 2.45.